The van der Waals surface area contributed by atoms with Crippen LogP contribution in [-0.2, 0) is 12.8 Å². The Kier molecular flexibility index (Phi) is 6.97. The maximum atomic E-state index is 11.1. The summed E-state index contributed by atoms with van der Waals surface area (Å²) >= 11 is 0. The predicted octanol–water partition coefficient (Wildman–Crippen LogP) is 7.58. The van der Waals surface area contributed by atoms with Crippen molar-refractivity contribution in [3.8, 4) is 0 Å². The van der Waals surface area contributed by atoms with Crippen LogP contribution in [-0.4, -0.2) is 4.70 Å². The van der Waals surface area contributed by atoms with Crippen LogP contribution in [0.1, 0.15) is 75.1 Å². The first kappa shape index (κ1) is 20.3. The van der Waals surface area contributed by atoms with Gasteiger partial charge >= 0.3 is 0 Å². The highest BCUT2D eigenvalue weighted by atomic mass is 15.2. The minimum Gasteiger partial charge on any atom is -0.493 e. The van der Waals surface area contributed by atoms with E-state index < -0.39 is 0 Å². The van der Waals surface area contributed by atoms with Gasteiger partial charge in [0.25, 0.3) is 0 Å². The highest BCUT2D eigenvalue weighted by molar-refractivity contribution is 5.78. The van der Waals surface area contributed by atoms with Crippen LogP contribution in [0.4, 0.5) is 0 Å². The molecule has 3 rings (SSSR count). The molecule has 1 aliphatic rings. The summed E-state index contributed by atoms with van der Waals surface area (Å²) in [4.78, 5) is 0. The van der Waals surface area contributed by atoms with E-state index in [2.05, 4.69) is 75.4 Å². The second kappa shape index (κ2) is 9.64. The molecule has 0 N–H and O–H groups in total. The van der Waals surface area contributed by atoms with Crippen molar-refractivity contribution < 1.29 is 4.70 Å². The molecule has 0 unspecified atom stereocenters. The summed E-state index contributed by atoms with van der Waals surface area (Å²) in [6.07, 6.45) is 9.99. The van der Waals surface area contributed by atoms with Gasteiger partial charge in [0.1, 0.15) is 0 Å². The fourth-order valence-electron chi connectivity index (χ4n) is 3.86. The highest BCUT2D eigenvalue weighted by Crippen LogP contribution is 2.37. The van der Waals surface area contributed by atoms with E-state index in [1.165, 1.54) is 47.1 Å². The molecule has 28 heavy (non-hydrogen) atoms. The van der Waals surface area contributed by atoms with Crippen LogP contribution < -0.4 is 0 Å². The van der Waals surface area contributed by atoms with E-state index in [1.54, 1.807) is 0 Å². The summed E-state index contributed by atoms with van der Waals surface area (Å²) in [7, 11) is 0. The fraction of sp³-hybridized carbons (Fsp3) is 0.385. The maximum Gasteiger partial charge on any atom is 0.210 e. The summed E-state index contributed by atoms with van der Waals surface area (Å²) < 4.78 is 1.40. The summed E-state index contributed by atoms with van der Waals surface area (Å²) in [5, 5.41) is 0. The Hall–Kier alpha value is -2.48. The molecule has 0 saturated heterocycles. The first-order valence-corrected chi connectivity index (χ1v) is 10.8. The van der Waals surface area contributed by atoms with Gasteiger partial charge in [0, 0.05) is 22.8 Å². The van der Waals surface area contributed by atoms with Crippen molar-refractivity contribution in [2.75, 3.05) is 0 Å². The number of rotatable bonds is 9. The van der Waals surface area contributed by atoms with Crippen molar-refractivity contribution in [1.29, 1.82) is 0 Å². The Morgan fingerprint density at radius 2 is 1.36 bits per heavy atom. The van der Waals surface area contributed by atoms with E-state index in [1.807, 2.05) is 0 Å². The van der Waals surface area contributed by atoms with E-state index in [-0.39, 0.29) is 0 Å². The van der Waals surface area contributed by atoms with Crippen LogP contribution in [0.2, 0.25) is 0 Å². The molecule has 146 valence electrons. The van der Waals surface area contributed by atoms with Crippen LogP contribution in [0.5, 0.6) is 0 Å². The lowest BCUT2D eigenvalue weighted by atomic mass is 10.0. The highest BCUT2D eigenvalue weighted by Gasteiger charge is 2.28. The number of nitrogens with zero attached hydrogens (tertiary/aromatic N) is 2. The number of unbranched alkanes of at least 4 members (excludes halogenated alkanes) is 2. The van der Waals surface area contributed by atoms with Crippen LogP contribution in [0.25, 0.3) is 16.9 Å². The minimum atomic E-state index is 0.879. The molecule has 1 heterocycles. The van der Waals surface area contributed by atoms with E-state index in [9.17, 15) is 5.53 Å². The third-order valence-corrected chi connectivity index (χ3v) is 5.50. The molecule has 0 radical (unpaired) electrons. The molecule has 0 atom stereocenters. The van der Waals surface area contributed by atoms with Crippen LogP contribution in [0.3, 0.4) is 0 Å². The molecular weight excluding hydrogens is 340 g/mol. The third kappa shape index (κ3) is 4.49. The molecule has 0 saturated carbocycles. The van der Waals surface area contributed by atoms with Gasteiger partial charge < -0.3 is 5.53 Å². The van der Waals surface area contributed by atoms with Gasteiger partial charge in [-0.25, -0.2) is 4.70 Å². The molecule has 0 amide bonds. The number of aryl methyl sites for hydroxylation is 2. The van der Waals surface area contributed by atoms with Gasteiger partial charge in [-0.05, 0) is 67.5 Å². The molecule has 0 bridgehead atoms. The topological polar surface area (TPSA) is 25.3 Å². The van der Waals surface area contributed by atoms with Crippen molar-refractivity contribution in [1.82, 2.24) is 0 Å². The van der Waals surface area contributed by atoms with E-state index in [4.69, 9.17) is 0 Å². The van der Waals surface area contributed by atoms with Gasteiger partial charge in [0.05, 0.1) is 0 Å². The summed E-state index contributed by atoms with van der Waals surface area (Å²) in [5.74, 6) is 0. The van der Waals surface area contributed by atoms with Crippen LogP contribution in [0, 0.1) is 0 Å². The Balaban J connectivity index is 1.90. The smallest absolute Gasteiger partial charge is 0.210 e. The second-order valence-electron chi connectivity index (χ2n) is 7.68. The molecule has 2 aromatic carbocycles. The average Bonchev–Trinajstić information content (AvgIpc) is 3.07. The van der Waals surface area contributed by atoms with Crippen molar-refractivity contribution in [3.63, 3.8) is 0 Å². The molecule has 1 aliphatic heterocycles. The molecule has 0 fully saturated rings. The summed E-state index contributed by atoms with van der Waals surface area (Å²) in [6.45, 7) is 6.59. The largest absolute Gasteiger partial charge is 0.493 e. The van der Waals surface area contributed by atoms with Gasteiger partial charge in [-0.2, -0.15) is 0 Å². The summed E-state index contributed by atoms with van der Waals surface area (Å²) in [5.41, 5.74) is 18.9. The van der Waals surface area contributed by atoms with Gasteiger partial charge in [-0.1, -0.05) is 57.9 Å². The monoisotopic (exact) mass is 372 g/mol. The Morgan fingerprint density at radius 1 is 0.786 bits per heavy atom. The van der Waals surface area contributed by atoms with E-state index >= 15 is 0 Å². The lowest BCUT2D eigenvalue weighted by Gasteiger charge is -2.11. The van der Waals surface area contributed by atoms with E-state index in [0.29, 0.717) is 0 Å². The zero-order chi connectivity index (χ0) is 19.9. The number of hydrogen-bond donors (Lipinski definition) is 0. The van der Waals surface area contributed by atoms with E-state index in [0.717, 1.165) is 41.8 Å². The first-order chi connectivity index (χ1) is 13.7. The SMILES string of the molecule is CCCCc1cccc(C2=CC(CC)=C(c3cccc(CCCC)c3)[N+]2=[N-])c1. The molecule has 0 spiro atoms. The van der Waals surface area contributed by atoms with Crippen molar-refractivity contribution in [2.45, 2.75) is 65.7 Å². The zero-order valence-electron chi connectivity index (χ0n) is 17.5. The van der Waals surface area contributed by atoms with Crippen LogP contribution in [0.15, 0.2) is 60.2 Å². The Labute approximate surface area is 170 Å². The fourth-order valence-corrected chi connectivity index (χ4v) is 3.86. The number of hydrogen-bond acceptors (Lipinski definition) is 0. The van der Waals surface area contributed by atoms with Crippen molar-refractivity contribution in [3.05, 3.63) is 88.0 Å². The molecule has 0 aromatic heterocycles. The average molecular weight is 373 g/mol. The normalized spacial score (nSPS) is 14.0. The van der Waals surface area contributed by atoms with Crippen molar-refractivity contribution in [2.24, 2.45) is 0 Å². The zero-order valence-corrected chi connectivity index (χ0v) is 17.5. The van der Waals surface area contributed by atoms with Gasteiger partial charge in [-0.3, -0.25) is 0 Å². The molecule has 0 aliphatic carbocycles. The van der Waals surface area contributed by atoms with Crippen molar-refractivity contribution >= 4 is 11.4 Å². The van der Waals surface area contributed by atoms with Crippen LogP contribution >= 0.6 is 0 Å². The third-order valence-electron chi connectivity index (χ3n) is 5.50. The maximum absolute atomic E-state index is 11.1. The minimum absolute atomic E-state index is 0.879. The lowest BCUT2D eigenvalue weighted by Crippen LogP contribution is -2.03. The Morgan fingerprint density at radius 3 is 1.93 bits per heavy atom. The second-order valence-corrected chi connectivity index (χ2v) is 7.68. The van der Waals surface area contributed by atoms with Gasteiger partial charge in [-0.15, -0.1) is 0 Å². The van der Waals surface area contributed by atoms with Gasteiger partial charge in [0.2, 0.25) is 11.4 Å². The molecular formula is C26H32N2. The number of benzene rings is 2. The summed E-state index contributed by atoms with van der Waals surface area (Å²) in [6, 6.07) is 17.2. The Bertz CT molecular complexity index is 902. The van der Waals surface area contributed by atoms with Gasteiger partial charge in [0.15, 0.2) is 0 Å². The standard InChI is InChI=1S/C26H32N2/c1-4-7-11-20-13-9-15-23(17-20)25-19-22(6-3)26(28(25)27)24-16-10-14-21(18-24)12-8-5-2/h9-10,13-19H,4-8,11-12H2,1-3H3. The number of allylic oxidation sites excluding steroid dienone is 2. The molecule has 2 heteroatoms. The molecule has 2 nitrogen and oxygen atoms in total. The lowest BCUT2D eigenvalue weighted by molar-refractivity contribution is -0.344. The quantitative estimate of drug-likeness (QED) is 0.405. The molecule has 2 aromatic rings. The predicted molar refractivity (Wildman–Crippen MR) is 119 cm³/mol. The first-order valence-electron chi connectivity index (χ1n) is 10.8.